The van der Waals surface area contributed by atoms with Gasteiger partial charge in [-0.1, -0.05) is 38.1 Å². The Hall–Kier alpha value is -1.41. The fraction of sp³-hybridized carbons (Fsp3) is 0.400. The van der Waals surface area contributed by atoms with E-state index in [1.807, 2.05) is 24.3 Å². The van der Waals surface area contributed by atoms with Gasteiger partial charge in [0, 0.05) is 25.8 Å². The summed E-state index contributed by atoms with van der Waals surface area (Å²) in [6.07, 6.45) is 2.76. The molecule has 0 saturated carbocycles. The first-order valence-corrected chi connectivity index (χ1v) is 8.61. The van der Waals surface area contributed by atoms with E-state index in [0.717, 1.165) is 5.56 Å². The molecule has 0 bridgehead atoms. The lowest BCUT2D eigenvalue weighted by Crippen LogP contribution is -2.31. The molecule has 2 rings (SSSR count). The van der Waals surface area contributed by atoms with E-state index >= 15 is 0 Å². The van der Waals surface area contributed by atoms with Crippen molar-refractivity contribution in [3.8, 4) is 0 Å². The van der Waals surface area contributed by atoms with Crippen molar-refractivity contribution in [2.75, 3.05) is 6.54 Å². The maximum atomic E-state index is 12.1. The molecule has 128 valence electrons. The Morgan fingerprint density at radius 2 is 1.78 bits per heavy atom. The van der Waals surface area contributed by atoms with Gasteiger partial charge in [-0.2, -0.15) is 5.10 Å². The number of halogens is 1. The zero-order valence-corrected chi connectivity index (χ0v) is 15.1. The Morgan fingerprint density at radius 3 is 2.26 bits per heavy atom. The molecule has 0 aliphatic rings. The fourth-order valence-electron chi connectivity index (χ4n) is 2.07. The highest BCUT2D eigenvalue weighted by molar-refractivity contribution is 7.89. The van der Waals surface area contributed by atoms with Gasteiger partial charge in [-0.05, 0) is 17.0 Å². The highest BCUT2D eigenvalue weighted by Crippen LogP contribution is 2.17. The van der Waals surface area contributed by atoms with Crippen molar-refractivity contribution in [1.82, 2.24) is 14.5 Å². The molecular weight excluding hydrogens is 336 g/mol. The van der Waals surface area contributed by atoms with E-state index in [-0.39, 0.29) is 23.8 Å². The van der Waals surface area contributed by atoms with Crippen LogP contribution in [0.3, 0.4) is 0 Å². The summed E-state index contributed by atoms with van der Waals surface area (Å²) in [5.41, 5.74) is 8.19. The molecule has 0 fully saturated rings. The molecule has 1 heterocycles. The maximum absolute atomic E-state index is 12.1. The van der Waals surface area contributed by atoms with Crippen molar-refractivity contribution < 1.29 is 8.42 Å². The van der Waals surface area contributed by atoms with Crippen molar-refractivity contribution in [1.29, 1.82) is 0 Å². The van der Waals surface area contributed by atoms with Gasteiger partial charge in [-0.25, -0.2) is 13.1 Å². The van der Waals surface area contributed by atoms with E-state index in [9.17, 15) is 8.42 Å². The number of nitrogens with two attached hydrogens (primary N) is 1. The molecule has 6 nitrogen and oxygen atoms in total. The van der Waals surface area contributed by atoms with E-state index in [1.54, 1.807) is 7.05 Å². The number of sulfonamides is 1. The number of aromatic nitrogens is 2. The Kier molecular flexibility index (Phi) is 6.76. The summed E-state index contributed by atoms with van der Waals surface area (Å²) < 4.78 is 28.2. The average molecular weight is 359 g/mol. The third-order valence-corrected chi connectivity index (χ3v) is 4.89. The number of nitrogens with one attached hydrogen (secondary N) is 1. The van der Waals surface area contributed by atoms with Crippen LogP contribution < -0.4 is 10.5 Å². The highest BCUT2D eigenvalue weighted by Gasteiger charge is 2.17. The number of aryl methyl sites for hydroxylation is 1. The molecule has 1 atom stereocenters. The Balaban J connectivity index is 0.00000264. The molecule has 1 aromatic carbocycles. The van der Waals surface area contributed by atoms with Gasteiger partial charge in [0.1, 0.15) is 4.90 Å². The first kappa shape index (κ1) is 19.6. The molecule has 2 aromatic rings. The lowest BCUT2D eigenvalue weighted by Gasteiger charge is -2.14. The minimum absolute atomic E-state index is 0. The summed E-state index contributed by atoms with van der Waals surface area (Å²) in [5, 5.41) is 3.86. The topological polar surface area (TPSA) is 90.0 Å². The van der Waals surface area contributed by atoms with Crippen LogP contribution in [0.2, 0.25) is 0 Å². The van der Waals surface area contributed by atoms with Crippen LogP contribution in [0.4, 0.5) is 0 Å². The SMILES string of the molecule is CC(C)c1ccc(C(N)CNS(=O)(=O)c2cnn(C)c2)cc1.Cl. The van der Waals surface area contributed by atoms with E-state index in [0.29, 0.717) is 5.92 Å². The smallest absolute Gasteiger partial charge is 0.243 e. The predicted octanol–water partition coefficient (Wildman–Crippen LogP) is 1.94. The molecule has 0 radical (unpaired) electrons. The number of hydrogen-bond acceptors (Lipinski definition) is 4. The number of benzene rings is 1. The largest absolute Gasteiger partial charge is 0.323 e. The van der Waals surface area contributed by atoms with Gasteiger partial charge in [0.25, 0.3) is 0 Å². The lowest BCUT2D eigenvalue weighted by molar-refractivity contribution is 0.572. The molecule has 23 heavy (non-hydrogen) atoms. The molecule has 3 N–H and O–H groups in total. The third kappa shape index (κ3) is 5.04. The van der Waals surface area contributed by atoms with Crippen LogP contribution in [0, 0.1) is 0 Å². The molecule has 1 aromatic heterocycles. The summed E-state index contributed by atoms with van der Waals surface area (Å²) in [5.74, 6) is 0.453. The first-order chi connectivity index (χ1) is 10.3. The Bertz CT molecular complexity index is 726. The van der Waals surface area contributed by atoms with Gasteiger partial charge >= 0.3 is 0 Å². The van der Waals surface area contributed by atoms with E-state index in [1.165, 1.54) is 22.6 Å². The molecule has 0 aliphatic heterocycles. The summed E-state index contributed by atoms with van der Waals surface area (Å²) >= 11 is 0. The minimum Gasteiger partial charge on any atom is -0.323 e. The zero-order valence-electron chi connectivity index (χ0n) is 13.4. The monoisotopic (exact) mass is 358 g/mol. The molecule has 8 heteroatoms. The number of nitrogens with zero attached hydrogens (tertiary/aromatic N) is 2. The second-order valence-electron chi connectivity index (χ2n) is 5.63. The van der Waals surface area contributed by atoms with Crippen LogP contribution in [-0.2, 0) is 17.1 Å². The standard InChI is InChI=1S/C15H22N4O2S.ClH/c1-11(2)12-4-6-13(7-5-12)15(16)9-18-22(20,21)14-8-17-19(3)10-14;/h4-8,10-11,15,18H,9,16H2,1-3H3;1H. The van der Waals surface area contributed by atoms with Gasteiger partial charge in [0.05, 0.1) is 6.20 Å². The second-order valence-corrected chi connectivity index (χ2v) is 7.40. The number of hydrogen-bond donors (Lipinski definition) is 2. The van der Waals surface area contributed by atoms with Gasteiger partial charge in [-0.15, -0.1) is 12.4 Å². The number of rotatable bonds is 6. The summed E-state index contributed by atoms with van der Waals surface area (Å²) in [6.45, 7) is 4.38. The minimum atomic E-state index is -3.58. The molecule has 0 aliphatic carbocycles. The summed E-state index contributed by atoms with van der Waals surface area (Å²) in [4.78, 5) is 0.136. The van der Waals surface area contributed by atoms with Crippen LogP contribution in [0.15, 0.2) is 41.6 Å². The predicted molar refractivity (Wildman–Crippen MR) is 93.1 cm³/mol. The van der Waals surface area contributed by atoms with Crippen LogP contribution in [0.1, 0.15) is 36.9 Å². The van der Waals surface area contributed by atoms with Crippen molar-refractivity contribution in [3.63, 3.8) is 0 Å². The molecule has 1 unspecified atom stereocenters. The average Bonchev–Trinajstić information content (AvgIpc) is 2.92. The van der Waals surface area contributed by atoms with Gasteiger partial charge in [-0.3, -0.25) is 4.68 Å². The Morgan fingerprint density at radius 1 is 1.22 bits per heavy atom. The van der Waals surface area contributed by atoms with Crippen molar-refractivity contribution >= 4 is 22.4 Å². The van der Waals surface area contributed by atoms with E-state index in [4.69, 9.17) is 5.73 Å². The second kappa shape index (κ2) is 7.92. The summed E-state index contributed by atoms with van der Waals surface area (Å²) in [6, 6.07) is 7.54. The summed E-state index contributed by atoms with van der Waals surface area (Å²) in [7, 11) is -1.91. The Labute approximate surface area is 143 Å². The van der Waals surface area contributed by atoms with Gasteiger partial charge in [0.15, 0.2) is 0 Å². The van der Waals surface area contributed by atoms with Crippen LogP contribution in [0.25, 0.3) is 0 Å². The van der Waals surface area contributed by atoms with Crippen LogP contribution in [0.5, 0.6) is 0 Å². The molecule has 0 spiro atoms. The zero-order chi connectivity index (χ0) is 16.3. The molecular formula is C15H23ClN4O2S. The van der Waals surface area contributed by atoms with Crippen molar-refractivity contribution in [3.05, 3.63) is 47.8 Å². The van der Waals surface area contributed by atoms with E-state index in [2.05, 4.69) is 23.7 Å². The van der Waals surface area contributed by atoms with E-state index < -0.39 is 16.1 Å². The maximum Gasteiger partial charge on any atom is 0.243 e. The lowest BCUT2D eigenvalue weighted by atomic mass is 9.99. The fourth-order valence-corrected chi connectivity index (χ4v) is 3.11. The normalized spacial score (nSPS) is 12.9. The first-order valence-electron chi connectivity index (χ1n) is 7.13. The van der Waals surface area contributed by atoms with Crippen LogP contribution in [-0.4, -0.2) is 24.7 Å². The quantitative estimate of drug-likeness (QED) is 0.825. The van der Waals surface area contributed by atoms with Crippen LogP contribution >= 0.6 is 12.4 Å². The molecule has 0 amide bonds. The molecule has 0 saturated heterocycles. The van der Waals surface area contributed by atoms with Crippen molar-refractivity contribution in [2.45, 2.75) is 30.7 Å². The highest BCUT2D eigenvalue weighted by atomic mass is 35.5. The van der Waals surface area contributed by atoms with Crippen molar-refractivity contribution in [2.24, 2.45) is 12.8 Å². The third-order valence-electron chi connectivity index (χ3n) is 3.52. The van der Waals surface area contributed by atoms with Gasteiger partial charge < -0.3 is 5.73 Å². The van der Waals surface area contributed by atoms with Gasteiger partial charge in [0.2, 0.25) is 10.0 Å².